The van der Waals surface area contributed by atoms with Crippen molar-refractivity contribution in [2.24, 2.45) is 0 Å². The summed E-state index contributed by atoms with van der Waals surface area (Å²) in [5.41, 5.74) is 2.05. The summed E-state index contributed by atoms with van der Waals surface area (Å²) in [5.74, 6) is 0.868. The van der Waals surface area contributed by atoms with E-state index in [4.69, 9.17) is 4.74 Å². The van der Waals surface area contributed by atoms with Gasteiger partial charge in [0.1, 0.15) is 5.75 Å². The van der Waals surface area contributed by atoms with Crippen LogP contribution < -0.4 is 4.74 Å². The lowest BCUT2D eigenvalue weighted by atomic mass is 10.2. The highest BCUT2D eigenvalue weighted by Gasteiger charge is 2.01. The van der Waals surface area contributed by atoms with E-state index in [0.717, 1.165) is 22.3 Å². The molecular formula is C11H16N2O. The number of ether oxygens (including phenoxy) is 1. The Bertz CT molecular complexity index is 407. The lowest BCUT2D eigenvalue weighted by molar-refractivity contribution is 0.415. The molecule has 0 spiro atoms. The molecule has 1 aromatic carbocycles. The van der Waals surface area contributed by atoms with Gasteiger partial charge in [0.05, 0.1) is 12.6 Å². The van der Waals surface area contributed by atoms with E-state index in [9.17, 15) is 0 Å². The molecule has 0 saturated heterocycles. The first-order chi connectivity index (χ1) is 6.81. The molecule has 0 bridgehead atoms. The highest BCUT2D eigenvalue weighted by Crippen LogP contribution is 2.20. The number of hydrogen-bond acceptors (Lipinski definition) is 2. The van der Waals surface area contributed by atoms with E-state index in [0.29, 0.717) is 0 Å². The largest absolute Gasteiger partial charge is 0.497 e. The van der Waals surface area contributed by atoms with Gasteiger partial charge in [-0.1, -0.05) is 13.8 Å². The van der Waals surface area contributed by atoms with Gasteiger partial charge in [-0.3, -0.25) is 5.10 Å². The fraction of sp³-hybridized carbons (Fsp3) is 0.364. The first-order valence-corrected chi connectivity index (χ1v) is 4.80. The zero-order chi connectivity index (χ0) is 10.6. The highest BCUT2D eigenvalue weighted by atomic mass is 16.5. The van der Waals surface area contributed by atoms with Crippen molar-refractivity contribution in [3.8, 4) is 5.75 Å². The molecule has 0 saturated carbocycles. The van der Waals surface area contributed by atoms with Crippen LogP contribution in [-0.4, -0.2) is 17.3 Å². The number of H-pyrrole nitrogens is 1. The fourth-order valence-electron chi connectivity index (χ4n) is 1.24. The Hall–Kier alpha value is -1.51. The Morgan fingerprint density at radius 1 is 1.29 bits per heavy atom. The Labute approximate surface area is 84.1 Å². The molecule has 3 nitrogen and oxygen atoms in total. The summed E-state index contributed by atoms with van der Waals surface area (Å²) in [6.07, 6.45) is 0. The monoisotopic (exact) mass is 192 g/mol. The van der Waals surface area contributed by atoms with E-state index < -0.39 is 0 Å². The minimum Gasteiger partial charge on any atom is -0.497 e. The molecular weight excluding hydrogens is 176 g/mol. The predicted molar refractivity (Wildman–Crippen MR) is 58.7 cm³/mol. The van der Waals surface area contributed by atoms with Crippen LogP contribution in [0.2, 0.25) is 0 Å². The van der Waals surface area contributed by atoms with Gasteiger partial charge in [0, 0.05) is 11.1 Å². The zero-order valence-corrected chi connectivity index (χ0v) is 9.09. The molecule has 3 heteroatoms. The maximum Gasteiger partial charge on any atom is 0.119 e. The number of rotatable bonds is 1. The van der Waals surface area contributed by atoms with Gasteiger partial charge in [-0.2, -0.15) is 5.10 Å². The van der Waals surface area contributed by atoms with Gasteiger partial charge in [0.2, 0.25) is 0 Å². The minimum atomic E-state index is 0.868. The second kappa shape index (κ2) is 4.65. The molecule has 0 amide bonds. The summed E-state index contributed by atoms with van der Waals surface area (Å²) in [5, 5.41) is 8.16. The summed E-state index contributed by atoms with van der Waals surface area (Å²) < 4.78 is 5.10. The third-order valence-corrected chi connectivity index (χ3v) is 1.95. The van der Waals surface area contributed by atoms with Crippen LogP contribution in [0.15, 0.2) is 18.2 Å². The lowest BCUT2D eigenvalue weighted by Gasteiger charge is -1.97. The third kappa shape index (κ3) is 1.87. The van der Waals surface area contributed by atoms with Crippen LogP contribution in [0, 0.1) is 6.92 Å². The number of nitrogens with one attached hydrogen (secondary N) is 1. The summed E-state index contributed by atoms with van der Waals surface area (Å²) in [7, 11) is 1.66. The summed E-state index contributed by atoms with van der Waals surface area (Å²) in [6, 6.07) is 5.83. The van der Waals surface area contributed by atoms with Crippen LogP contribution >= 0.6 is 0 Å². The topological polar surface area (TPSA) is 37.9 Å². The molecule has 1 N–H and O–H groups in total. The average molecular weight is 192 g/mol. The van der Waals surface area contributed by atoms with Crippen molar-refractivity contribution in [2.45, 2.75) is 20.8 Å². The number of aryl methyl sites for hydroxylation is 1. The number of methoxy groups -OCH3 is 1. The van der Waals surface area contributed by atoms with Crippen molar-refractivity contribution < 1.29 is 4.74 Å². The van der Waals surface area contributed by atoms with Crippen LogP contribution in [0.1, 0.15) is 19.5 Å². The standard InChI is InChI=1S/C9H10N2O.C2H6/c1-6-8-5-7(12-2)3-4-9(8)11-10-6;1-2/h3-5H,1-2H3,(H,10,11);1-2H3. The van der Waals surface area contributed by atoms with Crippen molar-refractivity contribution in [1.82, 2.24) is 10.2 Å². The third-order valence-electron chi connectivity index (χ3n) is 1.95. The average Bonchev–Trinajstić information content (AvgIpc) is 2.63. The number of nitrogens with zero attached hydrogens (tertiary/aromatic N) is 1. The second-order valence-corrected chi connectivity index (χ2v) is 2.73. The van der Waals surface area contributed by atoms with Crippen LogP contribution in [0.4, 0.5) is 0 Å². The number of aromatic amines is 1. The highest BCUT2D eigenvalue weighted by molar-refractivity contribution is 5.82. The number of hydrogen-bond donors (Lipinski definition) is 1. The van der Waals surface area contributed by atoms with E-state index >= 15 is 0 Å². The van der Waals surface area contributed by atoms with Gasteiger partial charge >= 0.3 is 0 Å². The van der Waals surface area contributed by atoms with E-state index in [1.807, 2.05) is 39.0 Å². The van der Waals surface area contributed by atoms with Crippen LogP contribution in [0.3, 0.4) is 0 Å². The van der Waals surface area contributed by atoms with Gasteiger partial charge in [0.15, 0.2) is 0 Å². The Morgan fingerprint density at radius 3 is 2.64 bits per heavy atom. The molecule has 14 heavy (non-hydrogen) atoms. The first kappa shape index (κ1) is 10.6. The van der Waals surface area contributed by atoms with Gasteiger partial charge in [-0.05, 0) is 25.1 Å². The maximum atomic E-state index is 5.10. The van der Waals surface area contributed by atoms with Gasteiger partial charge in [-0.15, -0.1) is 0 Å². The van der Waals surface area contributed by atoms with Crippen LogP contribution in [0.25, 0.3) is 10.9 Å². The van der Waals surface area contributed by atoms with Crippen molar-refractivity contribution in [2.75, 3.05) is 7.11 Å². The molecule has 0 atom stereocenters. The maximum absolute atomic E-state index is 5.10. The van der Waals surface area contributed by atoms with Gasteiger partial charge in [-0.25, -0.2) is 0 Å². The van der Waals surface area contributed by atoms with Crippen molar-refractivity contribution in [3.63, 3.8) is 0 Å². The molecule has 2 aromatic rings. The second-order valence-electron chi connectivity index (χ2n) is 2.73. The molecule has 76 valence electrons. The summed E-state index contributed by atoms with van der Waals surface area (Å²) >= 11 is 0. The molecule has 0 fully saturated rings. The molecule has 0 aliphatic rings. The quantitative estimate of drug-likeness (QED) is 0.754. The summed E-state index contributed by atoms with van der Waals surface area (Å²) in [4.78, 5) is 0. The lowest BCUT2D eigenvalue weighted by Crippen LogP contribution is -1.81. The first-order valence-electron chi connectivity index (χ1n) is 4.80. The molecule has 2 rings (SSSR count). The summed E-state index contributed by atoms with van der Waals surface area (Å²) in [6.45, 7) is 5.99. The Balaban J connectivity index is 0.000000461. The van der Waals surface area contributed by atoms with Crippen LogP contribution in [-0.2, 0) is 0 Å². The predicted octanol–water partition coefficient (Wildman–Crippen LogP) is 2.91. The number of benzene rings is 1. The number of aromatic nitrogens is 2. The molecule has 0 aliphatic heterocycles. The van der Waals surface area contributed by atoms with E-state index in [2.05, 4.69) is 10.2 Å². The minimum absolute atomic E-state index is 0.868. The molecule has 0 aliphatic carbocycles. The van der Waals surface area contributed by atoms with E-state index in [1.54, 1.807) is 7.11 Å². The van der Waals surface area contributed by atoms with E-state index in [-0.39, 0.29) is 0 Å². The smallest absolute Gasteiger partial charge is 0.119 e. The van der Waals surface area contributed by atoms with E-state index in [1.165, 1.54) is 0 Å². The molecule has 0 radical (unpaired) electrons. The van der Waals surface area contributed by atoms with Crippen LogP contribution in [0.5, 0.6) is 5.75 Å². The molecule has 0 unspecified atom stereocenters. The van der Waals surface area contributed by atoms with Gasteiger partial charge in [0.25, 0.3) is 0 Å². The molecule has 1 aromatic heterocycles. The fourth-order valence-corrected chi connectivity index (χ4v) is 1.24. The normalized spacial score (nSPS) is 9.43. The zero-order valence-electron chi connectivity index (χ0n) is 9.09. The van der Waals surface area contributed by atoms with Crippen molar-refractivity contribution in [3.05, 3.63) is 23.9 Å². The van der Waals surface area contributed by atoms with Crippen molar-refractivity contribution in [1.29, 1.82) is 0 Å². The SMILES string of the molecule is CC.COc1ccc2n[nH]c(C)c2c1. The van der Waals surface area contributed by atoms with Crippen molar-refractivity contribution >= 4 is 10.9 Å². The Morgan fingerprint density at radius 2 is 2.00 bits per heavy atom. The molecule has 1 heterocycles. The number of fused-ring (bicyclic) bond motifs is 1. The Kier molecular flexibility index (Phi) is 3.51. The van der Waals surface area contributed by atoms with Gasteiger partial charge < -0.3 is 4.74 Å².